The van der Waals surface area contributed by atoms with Crippen LogP contribution in [0.5, 0.6) is 0 Å². The second-order valence-corrected chi connectivity index (χ2v) is 4.20. The van der Waals surface area contributed by atoms with Gasteiger partial charge in [-0.25, -0.2) is 0 Å². The molecular formula is C12H24N2O2. The number of rotatable bonds is 6. The van der Waals surface area contributed by atoms with Crippen LogP contribution in [-0.2, 0) is 9.53 Å². The summed E-state index contributed by atoms with van der Waals surface area (Å²) in [6.07, 6.45) is 5.45. The first-order chi connectivity index (χ1) is 7.84. The Morgan fingerprint density at radius 2 is 2.31 bits per heavy atom. The smallest absolute Gasteiger partial charge is 0.237 e. The van der Waals surface area contributed by atoms with E-state index in [1.54, 1.807) is 0 Å². The first-order valence-electron chi connectivity index (χ1n) is 6.43. The monoisotopic (exact) mass is 228 g/mol. The van der Waals surface area contributed by atoms with Crippen LogP contribution in [0.4, 0.5) is 0 Å². The minimum Gasteiger partial charge on any atom is -0.382 e. The van der Waals surface area contributed by atoms with Crippen LogP contribution in [0.2, 0.25) is 0 Å². The average molecular weight is 228 g/mol. The Balaban J connectivity index is 2.08. The highest BCUT2D eigenvalue weighted by molar-refractivity contribution is 5.81. The molecule has 1 amide bonds. The average Bonchev–Trinajstić information content (AvgIpc) is 2.57. The number of amides is 1. The lowest BCUT2D eigenvalue weighted by molar-refractivity contribution is -0.123. The molecule has 1 fully saturated rings. The molecule has 0 aromatic heterocycles. The largest absolute Gasteiger partial charge is 0.382 e. The van der Waals surface area contributed by atoms with Crippen LogP contribution >= 0.6 is 0 Å². The van der Waals surface area contributed by atoms with Crippen molar-refractivity contribution in [3.8, 4) is 0 Å². The Morgan fingerprint density at radius 3 is 3.12 bits per heavy atom. The van der Waals surface area contributed by atoms with Gasteiger partial charge in [-0.1, -0.05) is 12.8 Å². The summed E-state index contributed by atoms with van der Waals surface area (Å²) in [5.74, 6) is 0.151. The highest BCUT2D eigenvalue weighted by Crippen LogP contribution is 2.08. The molecular weight excluding hydrogens is 204 g/mol. The molecule has 1 unspecified atom stereocenters. The summed E-state index contributed by atoms with van der Waals surface area (Å²) < 4.78 is 5.21. The van der Waals surface area contributed by atoms with Crippen LogP contribution in [0, 0.1) is 0 Å². The molecule has 4 heteroatoms. The van der Waals surface area contributed by atoms with Gasteiger partial charge in [0.05, 0.1) is 6.04 Å². The van der Waals surface area contributed by atoms with Crippen LogP contribution in [0.1, 0.15) is 39.0 Å². The minimum atomic E-state index is 0.0228. The van der Waals surface area contributed by atoms with E-state index in [1.165, 1.54) is 12.8 Å². The quantitative estimate of drug-likeness (QED) is 0.668. The highest BCUT2D eigenvalue weighted by atomic mass is 16.5. The zero-order valence-corrected chi connectivity index (χ0v) is 10.3. The fourth-order valence-electron chi connectivity index (χ4n) is 1.91. The fourth-order valence-corrected chi connectivity index (χ4v) is 1.91. The lowest BCUT2D eigenvalue weighted by Crippen LogP contribution is -2.44. The molecule has 1 saturated heterocycles. The molecule has 0 aromatic carbocycles. The molecule has 0 saturated carbocycles. The van der Waals surface area contributed by atoms with Gasteiger partial charge < -0.3 is 15.4 Å². The van der Waals surface area contributed by atoms with Gasteiger partial charge in [-0.15, -0.1) is 0 Å². The van der Waals surface area contributed by atoms with Gasteiger partial charge >= 0.3 is 0 Å². The summed E-state index contributed by atoms with van der Waals surface area (Å²) in [5, 5.41) is 6.25. The maximum atomic E-state index is 11.8. The van der Waals surface area contributed by atoms with Gasteiger partial charge in [0.25, 0.3) is 0 Å². The Labute approximate surface area is 98.1 Å². The van der Waals surface area contributed by atoms with Crippen molar-refractivity contribution < 1.29 is 9.53 Å². The van der Waals surface area contributed by atoms with Crippen LogP contribution in [0.15, 0.2) is 0 Å². The molecule has 16 heavy (non-hydrogen) atoms. The van der Waals surface area contributed by atoms with Crippen molar-refractivity contribution in [2.45, 2.75) is 45.1 Å². The van der Waals surface area contributed by atoms with Gasteiger partial charge in [-0.2, -0.15) is 0 Å². The predicted molar refractivity (Wildman–Crippen MR) is 64.4 cm³/mol. The van der Waals surface area contributed by atoms with Gasteiger partial charge in [-0.3, -0.25) is 4.79 Å². The Hall–Kier alpha value is -0.610. The molecule has 0 spiro atoms. The van der Waals surface area contributed by atoms with E-state index < -0.39 is 0 Å². The van der Waals surface area contributed by atoms with Crippen LogP contribution in [-0.4, -0.2) is 38.3 Å². The molecule has 1 aliphatic rings. The van der Waals surface area contributed by atoms with Crippen molar-refractivity contribution in [2.75, 3.05) is 26.3 Å². The standard InChI is InChI=1S/C12H24N2O2/c1-2-16-10-6-9-14-12(15)11-7-4-3-5-8-13-11/h11,13H,2-10H2,1H3,(H,14,15). The van der Waals surface area contributed by atoms with Gasteiger partial charge in [0.1, 0.15) is 0 Å². The number of hydrogen-bond acceptors (Lipinski definition) is 3. The van der Waals surface area contributed by atoms with Crippen molar-refractivity contribution in [3.63, 3.8) is 0 Å². The van der Waals surface area contributed by atoms with E-state index in [9.17, 15) is 4.79 Å². The molecule has 0 aliphatic carbocycles. The fraction of sp³-hybridized carbons (Fsp3) is 0.917. The van der Waals surface area contributed by atoms with E-state index >= 15 is 0 Å². The summed E-state index contributed by atoms with van der Waals surface area (Å²) in [4.78, 5) is 11.8. The Morgan fingerprint density at radius 1 is 1.44 bits per heavy atom. The second-order valence-electron chi connectivity index (χ2n) is 4.20. The number of hydrogen-bond donors (Lipinski definition) is 2. The van der Waals surface area contributed by atoms with Gasteiger partial charge in [0, 0.05) is 19.8 Å². The third kappa shape index (κ3) is 5.47. The maximum Gasteiger partial charge on any atom is 0.237 e. The molecule has 0 aromatic rings. The summed E-state index contributed by atoms with van der Waals surface area (Å²) >= 11 is 0. The second kappa shape index (κ2) is 8.53. The van der Waals surface area contributed by atoms with Crippen molar-refractivity contribution in [1.82, 2.24) is 10.6 Å². The number of carbonyl (C=O) groups excluding carboxylic acids is 1. The lowest BCUT2D eigenvalue weighted by Gasteiger charge is -2.15. The first-order valence-corrected chi connectivity index (χ1v) is 6.43. The van der Waals surface area contributed by atoms with Gasteiger partial charge in [0.2, 0.25) is 5.91 Å². The topological polar surface area (TPSA) is 50.4 Å². The number of nitrogens with one attached hydrogen (secondary N) is 2. The highest BCUT2D eigenvalue weighted by Gasteiger charge is 2.18. The van der Waals surface area contributed by atoms with Crippen molar-refractivity contribution >= 4 is 5.91 Å². The Bertz CT molecular complexity index is 189. The number of carbonyl (C=O) groups is 1. The summed E-state index contributed by atoms with van der Waals surface area (Å²) in [5.41, 5.74) is 0. The molecule has 1 rings (SSSR count). The van der Waals surface area contributed by atoms with E-state index in [1.807, 2.05) is 6.92 Å². The molecule has 1 atom stereocenters. The van der Waals surface area contributed by atoms with Crippen molar-refractivity contribution in [2.24, 2.45) is 0 Å². The summed E-state index contributed by atoms with van der Waals surface area (Å²) in [6, 6.07) is 0.0228. The minimum absolute atomic E-state index is 0.0228. The van der Waals surface area contributed by atoms with Crippen molar-refractivity contribution in [3.05, 3.63) is 0 Å². The maximum absolute atomic E-state index is 11.8. The molecule has 2 N–H and O–H groups in total. The van der Waals surface area contributed by atoms with E-state index in [4.69, 9.17) is 4.74 Å². The number of ether oxygens (including phenoxy) is 1. The SMILES string of the molecule is CCOCCCNC(=O)C1CCCCCN1. The van der Waals surface area contributed by atoms with Gasteiger partial charge in [-0.05, 0) is 32.7 Å². The van der Waals surface area contributed by atoms with E-state index in [2.05, 4.69) is 10.6 Å². The molecule has 4 nitrogen and oxygen atoms in total. The Kier molecular flexibility index (Phi) is 7.17. The van der Waals surface area contributed by atoms with Crippen LogP contribution in [0.3, 0.4) is 0 Å². The molecule has 1 heterocycles. The lowest BCUT2D eigenvalue weighted by atomic mass is 10.1. The zero-order valence-electron chi connectivity index (χ0n) is 10.3. The molecule has 0 bridgehead atoms. The first kappa shape index (κ1) is 13.5. The third-order valence-electron chi connectivity index (χ3n) is 2.85. The zero-order chi connectivity index (χ0) is 11.6. The molecule has 94 valence electrons. The van der Waals surface area contributed by atoms with E-state index in [0.717, 1.165) is 45.6 Å². The summed E-state index contributed by atoms with van der Waals surface area (Å²) in [7, 11) is 0. The van der Waals surface area contributed by atoms with Crippen LogP contribution < -0.4 is 10.6 Å². The van der Waals surface area contributed by atoms with E-state index in [-0.39, 0.29) is 11.9 Å². The molecule has 1 aliphatic heterocycles. The third-order valence-corrected chi connectivity index (χ3v) is 2.85. The normalized spacial score (nSPS) is 21.4. The van der Waals surface area contributed by atoms with E-state index in [0.29, 0.717) is 0 Å². The predicted octanol–water partition coefficient (Wildman–Crippen LogP) is 1.06. The molecule has 0 radical (unpaired) electrons. The van der Waals surface area contributed by atoms with Crippen LogP contribution in [0.25, 0.3) is 0 Å². The van der Waals surface area contributed by atoms with Gasteiger partial charge in [0.15, 0.2) is 0 Å². The summed E-state index contributed by atoms with van der Waals surface area (Å²) in [6.45, 7) is 5.15. The van der Waals surface area contributed by atoms with Crippen molar-refractivity contribution in [1.29, 1.82) is 0 Å².